The molecule has 1 aromatic carbocycles. The molecule has 1 heterocycles. The van der Waals surface area contributed by atoms with Crippen LogP contribution in [-0.2, 0) is 11.2 Å². The minimum absolute atomic E-state index is 0.324. The van der Waals surface area contributed by atoms with Crippen molar-refractivity contribution < 1.29 is 4.79 Å². The van der Waals surface area contributed by atoms with E-state index in [0.717, 1.165) is 19.6 Å². The van der Waals surface area contributed by atoms with E-state index in [1.54, 1.807) is 0 Å². The highest BCUT2D eigenvalue weighted by Crippen LogP contribution is 2.29. The van der Waals surface area contributed by atoms with Crippen LogP contribution >= 0.6 is 0 Å². The van der Waals surface area contributed by atoms with Crippen molar-refractivity contribution in [1.82, 2.24) is 10.2 Å². The number of carbonyl (C=O) groups is 1. The summed E-state index contributed by atoms with van der Waals surface area (Å²) in [5.41, 5.74) is 2.40. The number of rotatable bonds is 5. The van der Waals surface area contributed by atoms with Crippen molar-refractivity contribution in [2.24, 2.45) is 5.92 Å². The summed E-state index contributed by atoms with van der Waals surface area (Å²) in [5.74, 6) is 1.01. The molecule has 1 aromatic rings. The molecule has 2 aliphatic rings. The van der Waals surface area contributed by atoms with Crippen LogP contribution in [-0.4, -0.2) is 36.5 Å². The number of carbonyl (C=O) groups excluding carboxylic acids is 1. The van der Waals surface area contributed by atoms with Gasteiger partial charge in [-0.15, -0.1) is 0 Å². The number of hydrogen-bond acceptors (Lipinski definition) is 2. The zero-order valence-electron chi connectivity index (χ0n) is 13.0. The van der Waals surface area contributed by atoms with Gasteiger partial charge in [0.05, 0.1) is 6.42 Å². The van der Waals surface area contributed by atoms with Crippen molar-refractivity contribution in [2.45, 2.75) is 45.1 Å². The van der Waals surface area contributed by atoms with Gasteiger partial charge in [0.25, 0.3) is 0 Å². The fraction of sp³-hybridized carbons (Fsp3) is 0.611. The standard InChI is InChI=1S/C18H26N2O/c1-14-4-2-3-5-16(14)12-18(21)20(17-6-7-17)13-15-8-10-19-11-9-15/h2-5,15,17,19H,6-13H2,1H3. The number of amides is 1. The quantitative estimate of drug-likeness (QED) is 0.902. The van der Waals surface area contributed by atoms with Crippen LogP contribution in [0.4, 0.5) is 0 Å². The van der Waals surface area contributed by atoms with Gasteiger partial charge in [-0.05, 0) is 62.7 Å². The van der Waals surface area contributed by atoms with Crippen molar-refractivity contribution in [3.8, 4) is 0 Å². The monoisotopic (exact) mass is 286 g/mol. The summed E-state index contributed by atoms with van der Waals surface area (Å²) in [6.45, 7) is 5.28. The lowest BCUT2D eigenvalue weighted by atomic mass is 9.97. The average molecular weight is 286 g/mol. The minimum atomic E-state index is 0.324. The predicted molar refractivity (Wildman–Crippen MR) is 85.2 cm³/mol. The zero-order chi connectivity index (χ0) is 14.7. The first-order valence-corrected chi connectivity index (χ1v) is 8.28. The lowest BCUT2D eigenvalue weighted by molar-refractivity contribution is -0.131. The Balaban J connectivity index is 1.63. The van der Waals surface area contributed by atoms with Gasteiger partial charge in [-0.3, -0.25) is 4.79 Å². The molecule has 3 heteroatoms. The summed E-state index contributed by atoms with van der Waals surface area (Å²) in [6, 6.07) is 8.78. The maximum Gasteiger partial charge on any atom is 0.227 e. The van der Waals surface area contributed by atoms with Gasteiger partial charge in [0, 0.05) is 12.6 Å². The number of nitrogens with one attached hydrogen (secondary N) is 1. The van der Waals surface area contributed by atoms with Gasteiger partial charge in [0.15, 0.2) is 0 Å². The summed E-state index contributed by atoms with van der Waals surface area (Å²) in [7, 11) is 0. The molecule has 0 radical (unpaired) electrons. The number of hydrogen-bond donors (Lipinski definition) is 1. The van der Waals surface area contributed by atoms with Crippen LogP contribution in [0, 0.1) is 12.8 Å². The first-order valence-electron chi connectivity index (χ1n) is 8.28. The Bertz CT molecular complexity index is 490. The third-order valence-electron chi connectivity index (χ3n) is 4.82. The lowest BCUT2D eigenvalue weighted by Gasteiger charge is -2.30. The number of aryl methyl sites for hydroxylation is 1. The summed E-state index contributed by atoms with van der Waals surface area (Å²) < 4.78 is 0. The molecule has 0 atom stereocenters. The third kappa shape index (κ3) is 3.85. The number of nitrogens with zero attached hydrogens (tertiary/aromatic N) is 1. The number of benzene rings is 1. The molecule has 1 N–H and O–H groups in total. The molecule has 1 saturated carbocycles. The van der Waals surface area contributed by atoms with Gasteiger partial charge >= 0.3 is 0 Å². The first kappa shape index (κ1) is 14.6. The molecule has 0 unspecified atom stereocenters. The Kier molecular flexibility index (Phi) is 4.59. The second kappa shape index (κ2) is 6.61. The van der Waals surface area contributed by atoms with Crippen molar-refractivity contribution in [3.05, 3.63) is 35.4 Å². The van der Waals surface area contributed by atoms with Gasteiger partial charge in [-0.1, -0.05) is 24.3 Å². The second-order valence-corrected chi connectivity index (χ2v) is 6.57. The molecule has 3 nitrogen and oxygen atoms in total. The molecule has 1 amide bonds. The molecular formula is C18H26N2O. The highest BCUT2D eigenvalue weighted by atomic mass is 16.2. The van der Waals surface area contributed by atoms with Gasteiger partial charge in [-0.2, -0.15) is 0 Å². The van der Waals surface area contributed by atoms with E-state index in [1.807, 2.05) is 12.1 Å². The smallest absolute Gasteiger partial charge is 0.227 e. The molecule has 2 fully saturated rings. The van der Waals surface area contributed by atoms with Crippen LogP contribution in [0.5, 0.6) is 0 Å². The maximum atomic E-state index is 12.7. The Labute approximate surface area is 127 Å². The van der Waals surface area contributed by atoms with E-state index in [9.17, 15) is 4.79 Å². The molecular weight excluding hydrogens is 260 g/mol. The lowest BCUT2D eigenvalue weighted by Crippen LogP contribution is -2.41. The summed E-state index contributed by atoms with van der Waals surface area (Å²) in [6.07, 6.45) is 5.38. The summed E-state index contributed by atoms with van der Waals surface area (Å²) in [5, 5.41) is 3.41. The van der Waals surface area contributed by atoms with Crippen LogP contribution in [0.1, 0.15) is 36.8 Å². The molecule has 0 spiro atoms. The van der Waals surface area contributed by atoms with Gasteiger partial charge in [0.2, 0.25) is 5.91 Å². The molecule has 1 aliphatic carbocycles. The highest BCUT2D eigenvalue weighted by Gasteiger charge is 2.34. The van der Waals surface area contributed by atoms with E-state index in [0.29, 0.717) is 24.3 Å². The molecule has 3 rings (SSSR count). The minimum Gasteiger partial charge on any atom is -0.339 e. The van der Waals surface area contributed by atoms with Crippen LogP contribution in [0.3, 0.4) is 0 Å². The Morgan fingerprint density at radius 3 is 2.57 bits per heavy atom. The highest BCUT2D eigenvalue weighted by molar-refractivity contribution is 5.79. The normalized spacial score (nSPS) is 19.5. The van der Waals surface area contributed by atoms with Crippen LogP contribution in [0.25, 0.3) is 0 Å². The van der Waals surface area contributed by atoms with Gasteiger partial charge in [0.1, 0.15) is 0 Å². The SMILES string of the molecule is Cc1ccccc1CC(=O)N(CC1CCNCC1)C1CC1. The largest absolute Gasteiger partial charge is 0.339 e. The fourth-order valence-electron chi connectivity index (χ4n) is 3.26. The molecule has 0 bridgehead atoms. The molecule has 1 saturated heterocycles. The number of piperidine rings is 1. The molecule has 21 heavy (non-hydrogen) atoms. The summed E-state index contributed by atoms with van der Waals surface area (Å²) in [4.78, 5) is 14.9. The van der Waals surface area contributed by atoms with Crippen molar-refractivity contribution in [3.63, 3.8) is 0 Å². The predicted octanol–water partition coefficient (Wildman–Crippen LogP) is 2.53. The van der Waals surface area contributed by atoms with E-state index >= 15 is 0 Å². The first-order chi connectivity index (χ1) is 10.2. The van der Waals surface area contributed by atoms with E-state index in [2.05, 4.69) is 29.3 Å². The topological polar surface area (TPSA) is 32.3 Å². The van der Waals surface area contributed by atoms with Crippen molar-refractivity contribution >= 4 is 5.91 Å². The third-order valence-corrected chi connectivity index (χ3v) is 4.82. The maximum absolute atomic E-state index is 12.7. The van der Waals surface area contributed by atoms with Crippen molar-refractivity contribution in [2.75, 3.05) is 19.6 Å². The van der Waals surface area contributed by atoms with Gasteiger partial charge < -0.3 is 10.2 Å². The van der Waals surface area contributed by atoms with Gasteiger partial charge in [-0.25, -0.2) is 0 Å². The van der Waals surface area contributed by atoms with E-state index in [4.69, 9.17) is 0 Å². The Morgan fingerprint density at radius 2 is 1.90 bits per heavy atom. The van der Waals surface area contributed by atoms with Crippen LogP contribution in [0.2, 0.25) is 0 Å². The van der Waals surface area contributed by atoms with Crippen molar-refractivity contribution in [1.29, 1.82) is 0 Å². The molecule has 0 aromatic heterocycles. The zero-order valence-corrected chi connectivity index (χ0v) is 13.0. The van der Waals surface area contributed by atoms with Crippen LogP contribution in [0.15, 0.2) is 24.3 Å². The summed E-state index contributed by atoms with van der Waals surface area (Å²) >= 11 is 0. The Morgan fingerprint density at radius 1 is 1.19 bits per heavy atom. The van der Waals surface area contributed by atoms with E-state index in [-0.39, 0.29) is 0 Å². The molecule has 1 aliphatic heterocycles. The van der Waals surface area contributed by atoms with Crippen LogP contribution < -0.4 is 5.32 Å². The molecule has 114 valence electrons. The van der Waals surface area contributed by atoms with E-state index < -0.39 is 0 Å². The van der Waals surface area contributed by atoms with E-state index in [1.165, 1.54) is 36.8 Å². The average Bonchev–Trinajstić information content (AvgIpc) is 3.33. The Hall–Kier alpha value is -1.35. The fourth-order valence-corrected chi connectivity index (χ4v) is 3.26. The second-order valence-electron chi connectivity index (χ2n) is 6.57.